The largest absolute Gasteiger partial charge is 0.497 e. The molecule has 0 atom stereocenters. The fraction of sp³-hybridized carbons (Fsp3) is 0.0714. The zero-order chi connectivity index (χ0) is 31.3. The topological polar surface area (TPSA) is 39.2 Å². The van der Waals surface area contributed by atoms with Gasteiger partial charge < -0.3 is 9.30 Å². The average molecular weight is 614 g/mol. The Morgan fingerprint density at radius 3 is 1.74 bits per heavy atom. The van der Waals surface area contributed by atoms with Crippen LogP contribution in [0.25, 0.3) is 54.5 Å². The molecule has 0 spiro atoms. The van der Waals surface area contributed by atoms with Gasteiger partial charge in [0.15, 0.2) is 7.14 Å². The summed E-state index contributed by atoms with van der Waals surface area (Å²) in [5, 5.41) is 9.02. The Kier molecular flexibility index (Phi) is 6.93. The van der Waals surface area contributed by atoms with Crippen molar-refractivity contribution >= 4 is 66.4 Å². The highest BCUT2D eigenvalue weighted by atomic mass is 31.2. The summed E-state index contributed by atoms with van der Waals surface area (Å²) in [6.07, 6.45) is 0.979. The van der Waals surface area contributed by atoms with Gasteiger partial charge in [-0.1, -0.05) is 128 Å². The van der Waals surface area contributed by atoms with Gasteiger partial charge in [-0.3, -0.25) is 0 Å². The molecule has 0 bridgehead atoms. The number of nitrogens with zero attached hydrogens (tertiary/aromatic N) is 1. The Morgan fingerprint density at radius 1 is 0.565 bits per heavy atom. The average Bonchev–Trinajstić information content (AvgIpc) is 3.13. The quantitative estimate of drug-likeness (QED) is 0.107. The molecule has 3 nitrogen and oxygen atoms in total. The molecule has 0 fully saturated rings. The predicted molar refractivity (Wildman–Crippen MR) is 195 cm³/mol. The van der Waals surface area contributed by atoms with E-state index in [9.17, 15) is 0 Å². The number of aryl methyl sites for hydroxylation is 1. The van der Waals surface area contributed by atoms with E-state index in [0.717, 1.165) is 77.2 Å². The molecule has 8 aromatic rings. The second kappa shape index (κ2) is 11.3. The predicted octanol–water partition coefficient (Wildman–Crippen LogP) is 9.57. The Morgan fingerprint density at radius 2 is 1.13 bits per heavy atom. The minimum absolute atomic E-state index is 0.805. The third-order valence-electron chi connectivity index (χ3n) is 9.16. The van der Waals surface area contributed by atoms with E-state index >= 15 is 4.57 Å². The van der Waals surface area contributed by atoms with Crippen molar-refractivity contribution in [1.29, 1.82) is 0 Å². The summed E-state index contributed by atoms with van der Waals surface area (Å²) in [5.74, 6) is 0.815. The maximum absolute atomic E-state index is 15.4. The third kappa shape index (κ3) is 4.50. The van der Waals surface area contributed by atoms with Crippen LogP contribution in [-0.4, -0.2) is 12.1 Å². The lowest BCUT2D eigenvalue weighted by Gasteiger charge is -2.21. The molecule has 46 heavy (non-hydrogen) atoms. The van der Waals surface area contributed by atoms with E-state index in [-0.39, 0.29) is 0 Å². The van der Waals surface area contributed by atoms with Crippen molar-refractivity contribution in [3.05, 3.63) is 151 Å². The van der Waals surface area contributed by atoms with E-state index in [0.29, 0.717) is 0 Å². The number of pyridine rings is 1. The maximum atomic E-state index is 15.4. The van der Waals surface area contributed by atoms with E-state index in [1.54, 1.807) is 7.11 Å². The first-order valence-corrected chi connectivity index (χ1v) is 17.4. The zero-order valence-corrected chi connectivity index (χ0v) is 26.7. The second-order valence-electron chi connectivity index (χ2n) is 11.7. The van der Waals surface area contributed by atoms with Crippen LogP contribution in [0.5, 0.6) is 5.75 Å². The number of methoxy groups -OCH3 is 1. The lowest BCUT2D eigenvalue weighted by Crippen LogP contribution is -2.25. The molecule has 0 saturated heterocycles. The van der Waals surface area contributed by atoms with Crippen molar-refractivity contribution in [2.45, 2.75) is 13.3 Å². The Balaban J connectivity index is 1.47. The number of rotatable bonds is 6. The third-order valence-corrected chi connectivity index (χ3v) is 12.2. The molecule has 0 unspecified atom stereocenters. The van der Waals surface area contributed by atoms with Crippen molar-refractivity contribution < 1.29 is 9.30 Å². The molecule has 1 heterocycles. The maximum Gasteiger partial charge on any atom is 0.171 e. The van der Waals surface area contributed by atoms with E-state index in [4.69, 9.17) is 9.72 Å². The van der Waals surface area contributed by atoms with Crippen LogP contribution in [-0.2, 0) is 11.0 Å². The molecule has 222 valence electrons. The van der Waals surface area contributed by atoms with Gasteiger partial charge in [0, 0.05) is 43.0 Å². The van der Waals surface area contributed by atoms with Crippen LogP contribution in [0.4, 0.5) is 0 Å². The van der Waals surface area contributed by atoms with Gasteiger partial charge in [-0.25, -0.2) is 4.98 Å². The summed E-state index contributed by atoms with van der Waals surface area (Å²) in [5.41, 5.74) is 5.31. The van der Waals surface area contributed by atoms with E-state index in [1.165, 1.54) is 10.9 Å². The molecule has 4 heteroatoms. The standard InChI is InChI=1S/C42H32NO2P/c1-3-28-17-21-36-29(25-28)18-22-38-40(39-23-19-30-26-32(45-2)20-24-37(30)42(39)43-41(36)38)31-11-10-16-35(27-31)46(44,33-12-6-4-7-13-33)34-14-8-5-9-15-34/h4-27H,3H2,1-2H3. The monoisotopic (exact) mass is 613 g/mol. The molecule has 0 aliphatic heterocycles. The number of fused-ring (bicyclic) bond motifs is 6. The lowest BCUT2D eigenvalue weighted by atomic mass is 9.92. The molecule has 1 aromatic heterocycles. The minimum atomic E-state index is -3.17. The van der Waals surface area contributed by atoms with Crippen LogP contribution < -0.4 is 20.7 Å². The minimum Gasteiger partial charge on any atom is -0.497 e. The van der Waals surface area contributed by atoms with Crippen molar-refractivity contribution in [3.8, 4) is 16.9 Å². The number of hydrogen-bond donors (Lipinski definition) is 0. The van der Waals surface area contributed by atoms with Gasteiger partial charge in [0.25, 0.3) is 0 Å². The summed E-state index contributed by atoms with van der Waals surface area (Å²) in [6.45, 7) is 2.18. The number of aromatic nitrogens is 1. The highest BCUT2D eigenvalue weighted by molar-refractivity contribution is 7.85. The molecular weight excluding hydrogens is 581 g/mol. The molecule has 0 N–H and O–H groups in total. The van der Waals surface area contributed by atoms with Gasteiger partial charge in [-0.2, -0.15) is 0 Å². The van der Waals surface area contributed by atoms with E-state index in [1.807, 2.05) is 78.9 Å². The molecule has 0 saturated carbocycles. The number of benzene rings is 7. The van der Waals surface area contributed by atoms with Crippen LogP contribution >= 0.6 is 7.14 Å². The molecule has 7 aromatic carbocycles. The molecule has 0 amide bonds. The fourth-order valence-electron chi connectivity index (χ4n) is 6.79. The van der Waals surface area contributed by atoms with Gasteiger partial charge >= 0.3 is 0 Å². The smallest absolute Gasteiger partial charge is 0.171 e. The van der Waals surface area contributed by atoms with E-state index < -0.39 is 7.14 Å². The van der Waals surface area contributed by atoms with Gasteiger partial charge in [-0.05, 0) is 52.6 Å². The van der Waals surface area contributed by atoms with Crippen molar-refractivity contribution in [2.24, 2.45) is 0 Å². The van der Waals surface area contributed by atoms with Crippen LogP contribution in [0.2, 0.25) is 0 Å². The first-order valence-electron chi connectivity index (χ1n) is 15.7. The zero-order valence-electron chi connectivity index (χ0n) is 25.8. The highest BCUT2D eigenvalue weighted by Gasteiger charge is 2.30. The Labute approximate surface area is 268 Å². The first-order chi connectivity index (χ1) is 22.6. The normalized spacial score (nSPS) is 11.9. The van der Waals surface area contributed by atoms with Gasteiger partial charge in [0.2, 0.25) is 0 Å². The highest BCUT2D eigenvalue weighted by Crippen LogP contribution is 2.45. The van der Waals surface area contributed by atoms with Crippen molar-refractivity contribution in [1.82, 2.24) is 4.98 Å². The summed E-state index contributed by atoms with van der Waals surface area (Å²) < 4.78 is 20.9. The summed E-state index contributed by atoms with van der Waals surface area (Å²) in [6, 6.07) is 49.7. The van der Waals surface area contributed by atoms with E-state index in [2.05, 4.69) is 73.7 Å². The molecule has 0 radical (unpaired) electrons. The van der Waals surface area contributed by atoms with Crippen molar-refractivity contribution in [2.75, 3.05) is 7.11 Å². The Bertz CT molecular complexity index is 2330. The molecule has 0 aliphatic carbocycles. The van der Waals surface area contributed by atoms with Gasteiger partial charge in [-0.15, -0.1) is 0 Å². The lowest BCUT2D eigenvalue weighted by molar-refractivity contribution is 0.415. The van der Waals surface area contributed by atoms with Crippen LogP contribution in [0.15, 0.2) is 146 Å². The fourth-order valence-corrected chi connectivity index (χ4v) is 9.49. The molecule has 8 rings (SSSR count). The van der Waals surface area contributed by atoms with Crippen LogP contribution in [0, 0.1) is 0 Å². The summed E-state index contributed by atoms with van der Waals surface area (Å²) in [7, 11) is -1.48. The number of ether oxygens (including phenoxy) is 1. The van der Waals surface area contributed by atoms with Crippen molar-refractivity contribution in [3.63, 3.8) is 0 Å². The van der Waals surface area contributed by atoms with Gasteiger partial charge in [0.1, 0.15) is 5.75 Å². The van der Waals surface area contributed by atoms with Crippen LogP contribution in [0.3, 0.4) is 0 Å². The number of hydrogen-bond acceptors (Lipinski definition) is 3. The first kappa shape index (κ1) is 28.2. The molecule has 0 aliphatic rings. The summed E-state index contributed by atoms with van der Waals surface area (Å²) >= 11 is 0. The Hall–Kier alpha value is -5.24. The van der Waals surface area contributed by atoms with Crippen LogP contribution in [0.1, 0.15) is 12.5 Å². The molecular formula is C42H32NO2P. The summed E-state index contributed by atoms with van der Waals surface area (Å²) in [4.78, 5) is 5.40. The second-order valence-corrected chi connectivity index (χ2v) is 14.5. The van der Waals surface area contributed by atoms with Gasteiger partial charge in [0.05, 0.1) is 18.1 Å². The SMILES string of the molecule is CCc1ccc2c(ccc3c(-c4cccc(P(=O)(c5ccccc5)c5ccccc5)c4)c4ccc5cc(OC)ccc5c4nc32)c1.